The molecule has 0 spiro atoms. The molecule has 2 fully saturated rings. The highest BCUT2D eigenvalue weighted by Gasteiger charge is 2.42. The number of carbonyl (C=O) groups is 1. The van der Waals surface area contributed by atoms with E-state index in [-0.39, 0.29) is 11.9 Å². The first-order valence-corrected chi connectivity index (χ1v) is 7.61. The van der Waals surface area contributed by atoms with E-state index >= 15 is 0 Å². The number of fused-ring (bicyclic) bond motifs is 2. The van der Waals surface area contributed by atoms with Crippen molar-refractivity contribution < 1.29 is 9.53 Å². The fourth-order valence-electron chi connectivity index (χ4n) is 3.96. The van der Waals surface area contributed by atoms with Crippen LogP contribution in [-0.2, 0) is 11.2 Å². The zero-order valence-corrected chi connectivity index (χ0v) is 11.5. The molecule has 2 aliphatic heterocycles. The van der Waals surface area contributed by atoms with Gasteiger partial charge in [-0.1, -0.05) is 6.42 Å². The summed E-state index contributed by atoms with van der Waals surface area (Å²) in [6.45, 7) is 1.75. The van der Waals surface area contributed by atoms with E-state index in [1.54, 1.807) is 0 Å². The van der Waals surface area contributed by atoms with Crippen LogP contribution in [0, 0.1) is 11.8 Å². The van der Waals surface area contributed by atoms with Gasteiger partial charge in [0, 0.05) is 12.1 Å². The van der Waals surface area contributed by atoms with Crippen molar-refractivity contribution in [2.24, 2.45) is 11.8 Å². The second-order valence-electron chi connectivity index (χ2n) is 6.15. The van der Waals surface area contributed by atoms with Crippen LogP contribution in [0.2, 0.25) is 0 Å². The monoisotopic (exact) mass is 272 g/mol. The molecule has 4 heteroatoms. The summed E-state index contributed by atoms with van der Waals surface area (Å²) < 4.78 is 5.49. The molecule has 1 aliphatic carbocycles. The van der Waals surface area contributed by atoms with Gasteiger partial charge in [0.1, 0.15) is 5.75 Å². The van der Waals surface area contributed by atoms with Crippen LogP contribution in [0.4, 0.5) is 5.69 Å². The predicted octanol–water partition coefficient (Wildman–Crippen LogP) is 1.95. The molecule has 1 amide bonds. The van der Waals surface area contributed by atoms with Crippen molar-refractivity contribution in [3.8, 4) is 5.75 Å². The highest BCUT2D eigenvalue weighted by molar-refractivity contribution is 5.95. The van der Waals surface area contributed by atoms with Crippen molar-refractivity contribution in [2.75, 3.05) is 18.5 Å². The molecule has 4 rings (SSSR count). The third-order valence-electron chi connectivity index (χ3n) is 4.99. The lowest BCUT2D eigenvalue weighted by molar-refractivity contribution is -0.118. The van der Waals surface area contributed by atoms with E-state index in [9.17, 15) is 4.79 Å². The fraction of sp³-hybridized carbons (Fsp3) is 0.562. The summed E-state index contributed by atoms with van der Waals surface area (Å²) in [6, 6.07) is 5.93. The molecule has 106 valence electrons. The molecule has 3 atom stereocenters. The average Bonchev–Trinajstić information content (AvgIpc) is 3.13. The summed E-state index contributed by atoms with van der Waals surface area (Å²) >= 11 is 0. The van der Waals surface area contributed by atoms with E-state index < -0.39 is 0 Å². The number of nitrogens with one attached hydrogen (secondary N) is 2. The van der Waals surface area contributed by atoms with Gasteiger partial charge in [-0.05, 0) is 55.0 Å². The van der Waals surface area contributed by atoms with Crippen molar-refractivity contribution in [3.63, 3.8) is 0 Å². The van der Waals surface area contributed by atoms with Gasteiger partial charge in [0.25, 0.3) is 0 Å². The van der Waals surface area contributed by atoms with Gasteiger partial charge in [-0.2, -0.15) is 0 Å². The predicted molar refractivity (Wildman–Crippen MR) is 76.9 cm³/mol. The molecule has 0 aromatic heterocycles. The Kier molecular flexibility index (Phi) is 2.91. The van der Waals surface area contributed by atoms with Crippen LogP contribution >= 0.6 is 0 Å². The molecular weight excluding hydrogens is 252 g/mol. The molecule has 0 bridgehead atoms. The second-order valence-corrected chi connectivity index (χ2v) is 6.15. The van der Waals surface area contributed by atoms with Crippen molar-refractivity contribution >= 4 is 11.6 Å². The highest BCUT2D eigenvalue weighted by atomic mass is 16.5. The molecule has 1 saturated carbocycles. The first-order chi connectivity index (χ1) is 9.81. The number of rotatable bonds is 2. The number of ether oxygens (including phenoxy) is 1. The zero-order valence-electron chi connectivity index (χ0n) is 11.5. The van der Waals surface area contributed by atoms with E-state index in [2.05, 4.69) is 10.6 Å². The quantitative estimate of drug-likeness (QED) is 0.865. The van der Waals surface area contributed by atoms with E-state index in [0.29, 0.717) is 11.8 Å². The van der Waals surface area contributed by atoms with Gasteiger partial charge in [-0.25, -0.2) is 0 Å². The molecule has 4 nitrogen and oxygen atoms in total. The first-order valence-electron chi connectivity index (χ1n) is 7.61. The van der Waals surface area contributed by atoms with Crippen LogP contribution in [0.25, 0.3) is 0 Å². The minimum atomic E-state index is -0.00740. The molecule has 3 unspecified atom stereocenters. The minimum absolute atomic E-state index is 0.00740. The standard InChI is InChI=1S/C16H20N2O2/c19-16(15-13-3-1-2-11(13)9-17-15)18-12-4-5-14-10(8-12)6-7-20-14/h4-5,8,11,13,15,17H,1-3,6-7,9H2,(H,18,19). The van der Waals surface area contributed by atoms with Crippen molar-refractivity contribution in [1.82, 2.24) is 5.32 Å². The molecular formula is C16H20N2O2. The van der Waals surface area contributed by atoms with Gasteiger partial charge in [-0.3, -0.25) is 4.79 Å². The smallest absolute Gasteiger partial charge is 0.241 e. The fourth-order valence-corrected chi connectivity index (χ4v) is 3.96. The van der Waals surface area contributed by atoms with Gasteiger partial charge >= 0.3 is 0 Å². The van der Waals surface area contributed by atoms with E-state index in [1.165, 1.54) is 24.8 Å². The number of hydrogen-bond donors (Lipinski definition) is 2. The van der Waals surface area contributed by atoms with Crippen LogP contribution in [0.5, 0.6) is 5.75 Å². The Balaban J connectivity index is 1.47. The minimum Gasteiger partial charge on any atom is -0.493 e. The van der Waals surface area contributed by atoms with Gasteiger partial charge in [0.05, 0.1) is 12.6 Å². The third kappa shape index (κ3) is 1.99. The Morgan fingerprint density at radius 1 is 1.35 bits per heavy atom. The topological polar surface area (TPSA) is 50.4 Å². The van der Waals surface area contributed by atoms with Crippen LogP contribution in [0.3, 0.4) is 0 Å². The average molecular weight is 272 g/mol. The van der Waals surface area contributed by atoms with Gasteiger partial charge < -0.3 is 15.4 Å². The number of benzene rings is 1. The Morgan fingerprint density at radius 2 is 2.30 bits per heavy atom. The Bertz CT molecular complexity index is 543. The Labute approximate surface area is 118 Å². The molecule has 1 aromatic rings. The number of hydrogen-bond acceptors (Lipinski definition) is 3. The molecule has 1 aromatic carbocycles. The summed E-state index contributed by atoms with van der Waals surface area (Å²) in [5.41, 5.74) is 2.09. The lowest BCUT2D eigenvalue weighted by Gasteiger charge is -2.18. The largest absolute Gasteiger partial charge is 0.493 e. The number of carbonyl (C=O) groups excluding carboxylic acids is 1. The van der Waals surface area contributed by atoms with Crippen LogP contribution in [0.1, 0.15) is 24.8 Å². The molecule has 3 aliphatic rings. The number of amides is 1. The van der Waals surface area contributed by atoms with Crippen LogP contribution in [-0.4, -0.2) is 25.1 Å². The van der Waals surface area contributed by atoms with Gasteiger partial charge in [0.2, 0.25) is 5.91 Å². The highest BCUT2D eigenvalue weighted by Crippen LogP contribution is 2.38. The lowest BCUT2D eigenvalue weighted by Crippen LogP contribution is -2.39. The van der Waals surface area contributed by atoms with Crippen molar-refractivity contribution in [3.05, 3.63) is 23.8 Å². The van der Waals surface area contributed by atoms with Crippen molar-refractivity contribution in [2.45, 2.75) is 31.7 Å². The second kappa shape index (κ2) is 4.77. The summed E-state index contributed by atoms with van der Waals surface area (Å²) in [4.78, 5) is 12.5. The normalized spacial score (nSPS) is 30.7. The van der Waals surface area contributed by atoms with Gasteiger partial charge in [-0.15, -0.1) is 0 Å². The molecule has 0 radical (unpaired) electrons. The summed E-state index contributed by atoms with van der Waals surface area (Å²) in [6.07, 6.45) is 4.67. The summed E-state index contributed by atoms with van der Waals surface area (Å²) in [5.74, 6) is 2.32. The SMILES string of the molecule is O=C(Nc1ccc2c(c1)CCO2)C1NCC2CCCC21. The Hall–Kier alpha value is -1.55. The maximum atomic E-state index is 12.5. The zero-order chi connectivity index (χ0) is 13.5. The van der Waals surface area contributed by atoms with E-state index in [4.69, 9.17) is 4.74 Å². The van der Waals surface area contributed by atoms with E-state index in [1.807, 2.05) is 18.2 Å². The van der Waals surface area contributed by atoms with Crippen molar-refractivity contribution in [1.29, 1.82) is 0 Å². The molecule has 20 heavy (non-hydrogen) atoms. The third-order valence-corrected chi connectivity index (χ3v) is 4.99. The maximum Gasteiger partial charge on any atom is 0.241 e. The lowest BCUT2D eigenvalue weighted by atomic mass is 9.93. The Morgan fingerprint density at radius 3 is 3.25 bits per heavy atom. The summed E-state index contributed by atoms with van der Waals surface area (Å²) in [5, 5.41) is 6.46. The van der Waals surface area contributed by atoms with Crippen LogP contribution in [0.15, 0.2) is 18.2 Å². The first kappa shape index (κ1) is 12.2. The maximum absolute atomic E-state index is 12.5. The van der Waals surface area contributed by atoms with Crippen LogP contribution < -0.4 is 15.4 Å². The van der Waals surface area contributed by atoms with Gasteiger partial charge in [0.15, 0.2) is 0 Å². The number of anilines is 1. The molecule has 2 heterocycles. The molecule has 1 saturated heterocycles. The summed E-state index contributed by atoms with van der Waals surface area (Å²) in [7, 11) is 0. The molecule has 2 N–H and O–H groups in total. The van der Waals surface area contributed by atoms with E-state index in [0.717, 1.165) is 31.0 Å².